The molecule has 0 radical (unpaired) electrons. The lowest BCUT2D eigenvalue weighted by Gasteiger charge is -2.22. The third-order valence-electron chi connectivity index (χ3n) is 4.04. The third kappa shape index (κ3) is 2.13. The van der Waals surface area contributed by atoms with E-state index in [1.54, 1.807) is 12.4 Å². The van der Waals surface area contributed by atoms with E-state index in [1.165, 1.54) is 6.33 Å². The molecule has 1 amide bonds. The molecule has 0 unspecified atom stereocenters. The Labute approximate surface area is 127 Å². The van der Waals surface area contributed by atoms with Gasteiger partial charge in [-0.15, -0.1) is 0 Å². The monoisotopic (exact) mass is 293 g/mol. The van der Waals surface area contributed by atoms with E-state index in [0.717, 1.165) is 36.2 Å². The molecule has 1 saturated heterocycles. The summed E-state index contributed by atoms with van der Waals surface area (Å²) in [7, 11) is 0. The fourth-order valence-electron chi connectivity index (χ4n) is 3.00. The number of aromatic nitrogens is 4. The first-order chi connectivity index (χ1) is 10.8. The normalized spacial score (nSPS) is 18.0. The maximum atomic E-state index is 12.7. The highest BCUT2D eigenvalue weighted by Crippen LogP contribution is 2.32. The number of hydrogen-bond donors (Lipinski definition) is 1. The first-order valence-electron chi connectivity index (χ1n) is 7.33. The van der Waals surface area contributed by atoms with Crippen molar-refractivity contribution in [3.8, 4) is 0 Å². The number of amides is 1. The largest absolute Gasteiger partial charge is 0.340 e. The van der Waals surface area contributed by atoms with E-state index >= 15 is 0 Å². The molecule has 6 heteroatoms. The van der Waals surface area contributed by atoms with Crippen molar-refractivity contribution in [3.63, 3.8) is 0 Å². The number of imidazole rings is 1. The molecule has 1 fully saturated rings. The van der Waals surface area contributed by atoms with Crippen molar-refractivity contribution in [2.75, 3.05) is 6.54 Å². The number of carbonyl (C=O) groups is 1. The molecule has 6 nitrogen and oxygen atoms in total. The standard InChI is InChI=1S/C16H15N5O/c22-16(11-8-17-10-18-9-11)21-7-3-6-14(21)15-19-12-4-1-2-5-13(12)20-15/h1-2,4-5,8-10,14H,3,6-7H2,(H,19,20)/t14-/m1/s1. The van der Waals surface area contributed by atoms with Crippen molar-refractivity contribution in [2.24, 2.45) is 0 Å². The van der Waals surface area contributed by atoms with Crippen molar-refractivity contribution in [1.82, 2.24) is 24.8 Å². The summed E-state index contributed by atoms with van der Waals surface area (Å²) in [6.07, 6.45) is 6.44. The lowest BCUT2D eigenvalue weighted by Crippen LogP contribution is -2.31. The Hall–Kier alpha value is -2.76. The number of nitrogens with zero attached hydrogens (tertiary/aromatic N) is 4. The predicted molar refractivity (Wildman–Crippen MR) is 81.1 cm³/mol. The number of para-hydroxylation sites is 2. The molecule has 1 aliphatic rings. The van der Waals surface area contributed by atoms with E-state index in [4.69, 9.17) is 0 Å². The topological polar surface area (TPSA) is 74.8 Å². The van der Waals surface area contributed by atoms with Crippen LogP contribution in [0.25, 0.3) is 11.0 Å². The molecule has 3 heterocycles. The van der Waals surface area contributed by atoms with Gasteiger partial charge in [-0.1, -0.05) is 12.1 Å². The van der Waals surface area contributed by atoms with Gasteiger partial charge in [0.2, 0.25) is 0 Å². The zero-order valence-electron chi connectivity index (χ0n) is 11.9. The summed E-state index contributed by atoms with van der Waals surface area (Å²) in [6.45, 7) is 0.732. The van der Waals surface area contributed by atoms with Crippen LogP contribution in [0.15, 0.2) is 43.0 Å². The molecule has 110 valence electrons. The van der Waals surface area contributed by atoms with E-state index < -0.39 is 0 Å². The van der Waals surface area contributed by atoms with Crippen molar-refractivity contribution in [2.45, 2.75) is 18.9 Å². The van der Waals surface area contributed by atoms with Gasteiger partial charge in [0, 0.05) is 18.9 Å². The maximum Gasteiger partial charge on any atom is 0.257 e. The minimum atomic E-state index is -0.0384. The number of nitrogens with one attached hydrogen (secondary N) is 1. The van der Waals surface area contributed by atoms with Gasteiger partial charge in [0.1, 0.15) is 12.2 Å². The molecule has 1 atom stereocenters. The Morgan fingerprint density at radius 1 is 1.23 bits per heavy atom. The van der Waals surface area contributed by atoms with Crippen molar-refractivity contribution in [1.29, 1.82) is 0 Å². The number of H-pyrrole nitrogens is 1. The minimum Gasteiger partial charge on any atom is -0.340 e. The number of hydrogen-bond acceptors (Lipinski definition) is 4. The fourth-order valence-corrected chi connectivity index (χ4v) is 3.00. The van der Waals surface area contributed by atoms with Crippen LogP contribution in [0.4, 0.5) is 0 Å². The summed E-state index contributed by atoms with van der Waals surface area (Å²) in [5, 5.41) is 0. The summed E-state index contributed by atoms with van der Waals surface area (Å²) in [5.41, 5.74) is 2.45. The molecule has 1 aromatic carbocycles. The molecule has 0 aliphatic carbocycles. The first kappa shape index (κ1) is 12.9. The lowest BCUT2D eigenvalue weighted by atomic mass is 10.2. The van der Waals surface area contributed by atoms with Crippen molar-refractivity contribution < 1.29 is 4.79 Å². The zero-order chi connectivity index (χ0) is 14.9. The molecule has 3 aromatic rings. The van der Waals surface area contributed by atoms with Gasteiger partial charge in [0.05, 0.1) is 22.6 Å². The van der Waals surface area contributed by atoms with Gasteiger partial charge in [0.25, 0.3) is 5.91 Å². The summed E-state index contributed by atoms with van der Waals surface area (Å²) in [6, 6.07) is 7.90. The van der Waals surface area contributed by atoms with Gasteiger partial charge < -0.3 is 9.88 Å². The van der Waals surface area contributed by atoms with E-state index in [2.05, 4.69) is 19.9 Å². The highest BCUT2D eigenvalue weighted by molar-refractivity contribution is 5.94. The van der Waals surface area contributed by atoms with Crippen LogP contribution >= 0.6 is 0 Å². The molecular formula is C16H15N5O. The van der Waals surface area contributed by atoms with E-state index in [-0.39, 0.29) is 11.9 Å². The molecule has 22 heavy (non-hydrogen) atoms. The van der Waals surface area contributed by atoms with Gasteiger partial charge in [-0.25, -0.2) is 15.0 Å². The molecule has 0 saturated carbocycles. The zero-order valence-corrected chi connectivity index (χ0v) is 11.9. The molecule has 1 aliphatic heterocycles. The second-order valence-corrected chi connectivity index (χ2v) is 5.42. The van der Waals surface area contributed by atoms with Gasteiger partial charge in [-0.3, -0.25) is 4.79 Å². The van der Waals surface area contributed by atoms with Crippen LogP contribution in [-0.4, -0.2) is 37.3 Å². The second kappa shape index (κ2) is 5.22. The number of aromatic amines is 1. The van der Waals surface area contributed by atoms with E-state index in [9.17, 15) is 4.79 Å². The lowest BCUT2D eigenvalue weighted by molar-refractivity contribution is 0.0729. The van der Waals surface area contributed by atoms with Gasteiger partial charge >= 0.3 is 0 Å². The summed E-state index contributed by atoms with van der Waals surface area (Å²) >= 11 is 0. The van der Waals surface area contributed by atoms with Crippen LogP contribution in [0, 0.1) is 0 Å². The predicted octanol–water partition coefficient (Wildman–Crippen LogP) is 2.33. The number of carbonyl (C=O) groups excluding carboxylic acids is 1. The minimum absolute atomic E-state index is 0.0138. The van der Waals surface area contributed by atoms with Crippen LogP contribution < -0.4 is 0 Å². The van der Waals surface area contributed by atoms with Crippen molar-refractivity contribution in [3.05, 3.63) is 54.4 Å². The van der Waals surface area contributed by atoms with E-state index in [1.807, 2.05) is 29.2 Å². The molecule has 0 spiro atoms. The van der Waals surface area contributed by atoms with Crippen LogP contribution in [0.5, 0.6) is 0 Å². The molecule has 0 bridgehead atoms. The van der Waals surface area contributed by atoms with Crippen LogP contribution in [0.3, 0.4) is 0 Å². The van der Waals surface area contributed by atoms with Gasteiger partial charge in [0.15, 0.2) is 0 Å². The van der Waals surface area contributed by atoms with E-state index in [0.29, 0.717) is 5.56 Å². The Morgan fingerprint density at radius 3 is 2.86 bits per heavy atom. The van der Waals surface area contributed by atoms with Crippen LogP contribution in [-0.2, 0) is 0 Å². The Kier molecular flexibility index (Phi) is 3.07. The Balaban J connectivity index is 1.67. The van der Waals surface area contributed by atoms with Crippen LogP contribution in [0.2, 0.25) is 0 Å². The Bertz CT molecular complexity index is 781. The van der Waals surface area contributed by atoms with Gasteiger partial charge in [-0.2, -0.15) is 0 Å². The third-order valence-corrected chi connectivity index (χ3v) is 4.04. The molecule has 2 aromatic heterocycles. The van der Waals surface area contributed by atoms with Crippen LogP contribution in [0.1, 0.15) is 35.1 Å². The maximum absolute atomic E-state index is 12.7. The summed E-state index contributed by atoms with van der Waals surface area (Å²) in [4.78, 5) is 30.3. The quantitative estimate of drug-likeness (QED) is 0.787. The summed E-state index contributed by atoms with van der Waals surface area (Å²) in [5.74, 6) is 0.812. The van der Waals surface area contributed by atoms with Crippen molar-refractivity contribution >= 4 is 16.9 Å². The molecule has 1 N–H and O–H groups in total. The number of rotatable bonds is 2. The molecular weight excluding hydrogens is 278 g/mol. The fraction of sp³-hybridized carbons (Fsp3) is 0.250. The number of fused-ring (bicyclic) bond motifs is 1. The molecule has 4 rings (SSSR count). The highest BCUT2D eigenvalue weighted by atomic mass is 16.2. The first-order valence-corrected chi connectivity index (χ1v) is 7.33. The average molecular weight is 293 g/mol. The SMILES string of the molecule is O=C(c1cncnc1)N1CCC[C@@H]1c1nc2ccccc2[nH]1. The Morgan fingerprint density at radius 2 is 2.05 bits per heavy atom. The average Bonchev–Trinajstić information content (AvgIpc) is 3.21. The highest BCUT2D eigenvalue weighted by Gasteiger charge is 2.32. The van der Waals surface area contributed by atoms with Gasteiger partial charge in [-0.05, 0) is 25.0 Å². The number of likely N-dealkylation sites (tertiary alicyclic amines) is 1. The summed E-state index contributed by atoms with van der Waals surface area (Å²) < 4.78 is 0. The second-order valence-electron chi connectivity index (χ2n) is 5.42. The smallest absolute Gasteiger partial charge is 0.257 e. The number of benzene rings is 1.